The molecule has 1 heterocycles. The van der Waals surface area contributed by atoms with Crippen LogP contribution in [0.1, 0.15) is 62.6 Å². The molecular weight excluding hydrogens is 228 g/mol. The molecule has 1 aromatic heterocycles. The van der Waals surface area contributed by atoms with Crippen molar-refractivity contribution in [2.24, 2.45) is 5.41 Å². The molecule has 1 saturated carbocycles. The first-order valence-corrected chi connectivity index (χ1v) is 7.68. The van der Waals surface area contributed by atoms with E-state index < -0.39 is 0 Å². The molecule has 1 aliphatic rings. The molecular formula is C14H24N2S. The molecule has 96 valence electrons. The van der Waals surface area contributed by atoms with Crippen molar-refractivity contribution in [3.8, 4) is 0 Å². The number of thiazole rings is 1. The van der Waals surface area contributed by atoms with Gasteiger partial charge in [-0.05, 0) is 38.5 Å². The first-order valence-electron chi connectivity index (χ1n) is 6.80. The Balaban J connectivity index is 1.91. The molecule has 0 saturated heterocycles. The third-order valence-corrected chi connectivity index (χ3v) is 5.49. The normalized spacial score (nSPS) is 20.6. The fourth-order valence-electron chi connectivity index (χ4n) is 2.97. The molecule has 0 bridgehead atoms. The molecule has 1 atom stereocenters. The maximum absolute atomic E-state index is 4.33. The summed E-state index contributed by atoms with van der Waals surface area (Å²) >= 11 is 1.77. The summed E-state index contributed by atoms with van der Waals surface area (Å²) in [5.41, 5.74) is 3.72. The highest BCUT2D eigenvalue weighted by atomic mass is 32.1. The average Bonchev–Trinajstić information content (AvgIpc) is 2.95. The molecule has 1 fully saturated rings. The van der Waals surface area contributed by atoms with E-state index in [0.717, 1.165) is 0 Å². The summed E-state index contributed by atoms with van der Waals surface area (Å²) in [4.78, 5) is 5.73. The van der Waals surface area contributed by atoms with Gasteiger partial charge in [-0.1, -0.05) is 19.8 Å². The van der Waals surface area contributed by atoms with Crippen molar-refractivity contribution in [3.63, 3.8) is 0 Å². The molecule has 0 radical (unpaired) electrons. The molecule has 0 spiro atoms. The van der Waals surface area contributed by atoms with Gasteiger partial charge in [0.1, 0.15) is 0 Å². The molecule has 1 N–H and O–H groups in total. The Morgan fingerprint density at radius 2 is 2.18 bits per heavy atom. The number of rotatable bonds is 5. The molecule has 1 aromatic rings. The van der Waals surface area contributed by atoms with Crippen molar-refractivity contribution in [1.29, 1.82) is 0 Å². The van der Waals surface area contributed by atoms with Crippen molar-refractivity contribution in [2.45, 2.75) is 58.9 Å². The highest BCUT2D eigenvalue weighted by Crippen LogP contribution is 2.40. The molecule has 1 unspecified atom stereocenters. The van der Waals surface area contributed by atoms with Gasteiger partial charge in [0.2, 0.25) is 0 Å². The topological polar surface area (TPSA) is 24.9 Å². The van der Waals surface area contributed by atoms with Crippen LogP contribution in [0.25, 0.3) is 0 Å². The van der Waals surface area contributed by atoms with Crippen molar-refractivity contribution in [1.82, 2.24) is 10.3 Å². The highest BCUT2D eigenvalue weighted by molar-refractivity contribution is 7.09. The maximum Gasteiger partial charge on any atom is 0.0798 e. The Kier molecular flexibility index (Phi) is 4.21. The Bertz CT molecular complexity index is 353. The number of nitrogens with one attached hydrogen (secondary N) is 1. The lowest BCUT2D eigenvalue weighted by atomic mass is 9.83. The van der Waals surface area contributed by atoms with Gasteiger partial charge in [0.05, 0.1) is 11.2 Å². The van der Waals surface area contributed by atoms with Crippen molar-refractivity contribution >= 4 is 11.3 Å². The standard InChI is InChI=1S/C14H24N2S/c1-4-14(7-5-6-8-14)9-15-11(2)13-12(3)16-10-17-13/h10-11,15H,4-9H2,1-3H3. The van der Waals surface area contributed by atoms with E-state index in [2.05, 4.69) is 31.1 Å². The fraction of sp³-hybridized carbons (Fsp3) is 0.786. The maximum atomic E-state index is 4.33. The van der Waals surface area contributed by atoms with E-state index in [1.54, 1.807) is 11.3 Å². The first kappa shape index (κ1) is 13.0. The molecule has 1 aliphatic carbocycles. The van der Waals surface area contributed by atoms with E-state index >= 15 is 0 Å². The summed E-state index contributed by atoms with van der Waals surface area (Å²) in [6.07, 6.45) is 6.97. The number of hydrogen-bond donors (Lipinski definition) is 1. The summed E-state index contributed by atoms with van der Waals surface area (Å²) in [6, 6.07) is 0.450. The zero-order valence-electron chi connectivity index (χ0n) is 11.3. The number of aryl methyl sites for hydroxylation is 1. The number of nitrogens with zero attached hydrogens (tertiary/aromatic N) is 1. The minimum absolute atomic E-state index is 0.450. The summed E-state index contributed by atoms with van der Waals surface area (Å²) in [5, 5.41) is 3.73. The Labute approximate surface area is 109 Å². The highest BCUT2D eigenvalue weighted by Gasteiger charge is 2.32. The second kappa shape index (κ2) is 5.49. The Morgan fingerprint density at radius 3 is 2.71 bits per heavy atom. The van der Waals surface area contributed by atoms with Crippen LogP contribution in [0.3, 0.4) is 0 Å². The molecule has 0 aromatic carbocycles. The average molecular weight is 252 g/mol. The van der Waals surface area contributed by atoms with Gasteiger partial charge in [-0.2, -0.15) is 0 Å². The summed E-state index contributed by atoms with van der Waals surface area (Å²) in [6.45, 7) is 7.88. The second-order valence-electron chi connectivity index (χ2n) is 5.47. The minimum Gasteiger partial charge on any atom is -0.309 e. The lowest BCUT2D eigenvalue weighted by Gasteiger charge is -2.29. The van der Waals surface area contributed by atoms with Gasteiger partial charge >= 0.3 is 0 Å². The fourth-order valence-corrected chi connectivity index (χ4v) is 3.80. The van der Waals surface area contributed by atoms with Gasteiger partial charge in [0.25, 0.3) is 0 Å². The minimum atomic E-state index is 0.450. The van der Waals surface area contributed by atoms with E-state index in [4.69, 9.17) is 0 Å². The predicted octanol–water partition coefficient (Wildman–Crippen LogP) is 4.07. The third-order valence-electron chi connectivity index (χ3n) is 4.37. The van der Waals surface area contributed by atoms with E-state index in [0.29, 0.717) is 11.5 Å². The molecule has 3 heteroatoms. The van der Waals surface area contributed by atoms with Gasteiger partial charge in [-0.15, -0.1) is 11.3 Å². The summed E-state index contributed by atoms with van der Waals surface area (Å²) < 4.78 is 0. The van der Waals surface area contributed by atoms with Crippen molar-refractivity contribution < 1.29 is 0 Å². The Morgan fingerprint density at radius 1 is 1.47 bits per heavy atom. The van der Waals surface area contributed by atoms with Crippen LogP contribution < -0.4 is 5.32 Å². The van der Waals surface area contributed by atoms with Crippen LogP contribution in [-0.2, 0) is 0 Å². The van der Waals surface area contributed by atoms with E-state index in [9.17, 15) is 0 Å². The number of hydrogen-bond acceptors (Lipinski definition) is 3. The van der Waals surface area contributed by atoms with Crippen LogP contribution >= 0.6 is 11.3 Å². The monoisotopic (exact) mass is 252 g/mol. The zero-order valence-corrected chi connectivity index (χ0v) is 12.1. The molecule has 2 nitrogen and oxygen atoms in total. The quantitative estimate of drug-likeness (QED) is 0.854. The molecule has 0 aliphatic heterocycles. The van der Waals surface area contributed by atoms with Crippen LogP contribution in [-0.4, -0.2) is 11.5 Å². The Hall–Kier alpha value is -0.410. The second-order valence-corrected chi connectivity index (χ2v) is 6.35. The lowest BCUT2D eigenvalue weighted by molar-refractivity contribution is 0.259. The van der Waals surface area contributed by atoms with Crippen molar-refractivity contribution in [2.75, 3.05) is 6.54 Å². The predicted molar refractivity (Wildman–Crippen MR) is 74.5 cm³/mol. The number of aromatic nitrogens is 1. The van der Waals surface area contributed by atoms with E-state index in [1.807, 2.05) is 5.51 Å². The van der Waals surface area contributed by atoms with Crippen LogP contribution in [0.2, 0.25) is 0 Å². The third kappa shape index (κ3) is 2.89. The van der Waals surface area contributed by atoms with Gasteiger partial charge < -0.3 is 5.32 Å². The van der Waals surface area contributed by atoms with Gasteiger partial charge in [0, 0.05) is 17.5 Å². The van der Waals surface area contributed by atoms with Gasteiger partial charge in [-0.25, -0.2) is 4.98 Å². The first-order chi connectivity index (χ1) is 8.17. The largest absolute Gasteiger partial charge is 0.309 e. The van der Waals surface area contributed by atoms with Crippen LogP contribution in [0, 0.1) is 12.3 Å². The van der Waals surface area contributed by atoms with Gasteiger partial charge in [0.15, 0.2) is 0 Å². The van der Waals surface area contributed by atoms with Crippen LogP contribution in [0.15, 0.2) is 5.51 Å². The molecule has 17 heavy (non-hydrogen) atoms. The lowest BCUT2D eigenvalue weighted by Crippen LogP contribution is -2.33. The summed E-state index contributed by atoms with van der Waals surface area (Å²) in [7, 11) is 0. The SMILES string of the molecule is CCC1(CNC(C)c2scnc2C)CCCC1. The zero-order chi connectivity index (χ0) is 12.3. The summed E-state index contributed by atoms with van der Waals surface area (Å²) in [5.74, 6) is 0. The van der Waals surface area contributed by atoms with E-state index in [-0.39, 0.29) is 0 Å². The van der Waals surface area contributed by atoms with Gasteiger partial charge in [-0.3, -0.25) is 0 Å². The molecule has 2 rings (SSSR count). The smallest absolute Gasteiger partial charge is 0.0798 e. The van der Waals surface area contributed by atoms with E-state index in [1.165, 1.54) is 49.2 Å². The van der Waals surface area contributed by atoms with Crippen LogP contribution in [0.5, 0.6) is 0 Å². The molecule has 0 amide bonds. The van der Waals surface area contributed by atoms with Crippen LogP contribution in [0.4, 0.5) is 0 Å². The van der Waals surface area contributed by atoms with Crippen molar-refractivity contribution in [3.05, 3.63) is 16.1 Å².